The second-order valence-corrected chi connectivity index (χ2v) is 4.83. The van der Waals surface area contributed by atoms with Gasteiger partial charge in [-0.15, -0.1) is 0 Å². The van der Waals surface area contributed by atoms with Gasteiger partial charge in [-0.25, -0.2) is 0 Å². The highest BCUT2D eigenvalue weighted by molar-refractivity contribution is 5.92. The highest BCUT2D eigenvalue weighted by atomic mass is 16.4. The molecule has 2 heterocycles. The molecule has 0 aliphatic carbocycles. The number of hydrogen-bond acceptors (Lipinski definition) is 3. The van der Waals surface area contributed by atoms with Gasteiger partial charge in [-0.05, 0) is 39.3 Å². The molecule has 4 nitrogen and oxygen atoms in total. The van der Waals surface area contributed by atoms with Crippen molar-refractivity contribution < 1.29 is 14.3 Å². The summed E-state index contributed by atoms with van der Waals surface area (Å²) < 4.78 is 5.31. The molecule has 2 rings (SSSR count). The lowest BCUT2D eigenvalue weighted by Crippen LogP contribution is -2.47. The summed E-state index contributed by atoms with van der Waals surface area (Å²) in [4.78, 5) is 13.8. The number of carbonyl (C=O) groups is 1. The van der Waals surface area contributed by atoms with E-state index >= 15 is 0 Å². The van der Waals surface area contributed by atoms with E-state index in [1.165, 1.54) is 0 Å². The lowest BCUT2D eigenvalue weighted by Gasteiger charge is -2.33. The largest absolute Gasteiger partial charge is 0.456 e. The van der Waals surface area contributed by atoms with Crippen LogP contribution in [0.5, 0.6) is 0 Å². The van der Waals surface area contributed by atoms with Gasteiger partial charge in [0.05, 0.1) is 11.6 Å². The molecule has 1 aliphatic rings. The lowest BCUT2D eigenvalue weighted by molar-refractivity contribution is 0.0369. The smallest absolute Gasteiger partial charge is 0.290 e. The van der Waals surface area contributed by atoms with Crippen molar-refractivity contribution in [3.63, 3.8) is 0 Å². The fourth-order valence-electron chi connectivity index (χ4n) is 2.12. The van der Waals surface area contributed by atoms with Gasteiger partial charge < -0.3 is 14.4 Å². The van der Waals surface area contributed by atoms with E-state index in [1.807, 2.05) is 13.8 Å². The molecule has 0 radical (unpaired) electrons. The van der Waals surface area contributed by atoms with Gasteiger partial charge in [0.15, 0.2) is 5.76 Å². The van der Waals surface area contributed by atoms with Crippen LogP contribution >= 0.6 is 0 Å². The Morgan fingerprint density at radius 2 is 2.25 bits per heavy atom. The monoisotopic (exact) mass is 223 g/mol. The third-order valence-corrected chi connectivity index (χ3v) is 3.33. The summed E-state index contributed by atoms with van der Waals surface area (Å²) in [6.45, 7) is 6.13. The Morgan fingerprint density at radius 1 is 1.56 bits per heavy atom. The summed E-state index contributed by atoms with van der Waals surface area (Å²) in [6.07, 6.45) is 0.158. The van der Waals surface area contributed by atoms with Crippen molar-refractivity contribution in [2.75, 3.05) is 6.54 Å². The van der Waals surface area contributed by atoms with Gasteiger partial charge in [-0.2, -0.15) is 0 Å². The van der Waals surface area contributed by atoms with Gasteiger partial charge in [-0.1, -0.05) is 0 Å². The van der Waals surface area contributed by atoms with Crippen LogP contribution in [0.15, 0.2) is 16.5 Å². The van der Waals surface area contributed by atoms with Crippen LogP contribution in [-0.2, 0) is 0 Å². The molecule has 16 heavy (non-hydrogen) atoms. The molecular formula is C12H17NO3. The number of rotatable bonds is 1. The zero-order valence-electron chi connectivity index (χ0n) is 9.86. The minimum Gasteiger partial charge on any atom is -0.456 e. The van der Waals surface area contributed by atoms with Crippen LogP contribution in [-0.4, -0.2) is 34.1 Å². The summed E-state index contributed by atoms with van der Waals surface area (Å²) in [5.41, 5.74) is -0.516. The number of carbonyl (C=O) groups excluding carboxylic acids is 1. The molecule has 0 spiro atoms. The van der Waals surface area contributed by atoms with Gasteiger partial charge in [0, 0.05) is 6.54 Å². The molecule has 4 heteroatoms. The molecule has 1 N–H and O–H groups in total. The number of nitrogens with zero attached hydrogens (tertiary/aromatic N) is 1. The average molecular weight is 223 g/mol. The van der Waals surface area contributed by atoms with E-state index in [9.17, 15) is 9.90 Å². The minimum absolute atomic E-state index is 0.144. The van der Waals surface area contributed by atoms with Crippen molar-refractivity contribution in [1.29, 1.82) is 0 Å². The molecule has 1 unspecified atom stereocenters. The maximum absolute atomic E-state index is 12.1. The molecule has 88 valence electrons. The zero-order valence-corrected chi connectivity index (χ0v) is 9.86. The lowest BCUT2D eigenvalue weighted by atomic mass is 9.98. The third kappa shape index (κ3) is 1.63. The predicted octanol–water partition coefficient (Wildman–Crippen LogP) is 1.57. The molecule has 1 amide bonds. The summed E-state index contributed by atoms with van der Waals surface area (Å²) >= 11 is 0. The van der Waals surface area contributed by atoms with Gasteiger partial charge in [-0.3, -0.25) is 4.79 Å². The topological polar surface area (TPSA) is 53.7 Å². The standard InChI is InChI=1S/C12H17NO3/c1-8-4-5-9(16-8)11(15)13-7-6-10(14)12(13,2)3/h4-5,10,14H,6-7H2,1-3H3. The molecule has 0 saturated carbocycles. The minimum atomic E-state index is -0.516. The first-order valence-corrected chi connectivity index (χ1v) is 5.49. The number of aliphatic hydroxyl groups is 1. The summed E-state index contributed by atoms with van der Waals surface area (Å²) in [5.74, 6) is 0.926. The van der Waals surface area contributed by atoms with Crippen LogP contribution in [0.4, 0.5) is 0 Å². The fraction of sp³-hybridized carbons (Fsp3) is 0.583. The van der Waals surface area contributed by atoms with Crippen LogP contribution in [0, 0.1) is 6.92 Å². The maximum Gasteiger partial charge on any atom is 0.290 e. The molecular weight excluding hydrogens is 206 g/mol. The number of furan rings is 1. The SMILES string of the molecule is Cc1ccc(C(=O)N2CCC(O)C2(C)C)o1. The normalized spacial score (nSPS) is 23.8. The summed E-state index contributed by atoms with van der Waals surface area (Å²) in [7, 11) is 0. The van der Waals surface area contributed by atoms with Crippen molar-refractivity contribution in [2.24, 2.45) is 0 Å². The predicted molar refractivity (Wildman–Crippen MR) is 59.2 cm³/mol. The number of aliphatic hydroxyl groups excluding tert-OH is 1. The van der Waals surface area contributed by atoms with Gasteiger partial charge >= 0.3 is 0 Å². The van der Waals surface area contributed by atoms with E-state index in [0.717, 1.165) is 5.76 Å². The molecule has 1 aromatic heterocycles. The number of hydrogen-bond donors (Lipinski definition) is 1. The van der Waals surface area contributed by atoms with Crippen LogP contribution in [0.1, 0.15) is 36.6 Å². The van der Waals surface area contributed by atoms with Gasteiger partial charge in [0.25, 0.3) is 5.91 Å². The molecule has 1 atom stereocenters. The number of likely N-dealkylation sites (tertiary alicyclic amines) is 1. The van der Waals surface area contributed by atoms with E-state index in [1.54, 1.807) is 24.0 Å². The van der Waals surface area contributed by atoms with Crippen molar-refractivity contribution in [3.05, 3.63) is 23.7 Å². The van der Waals surface area contributed by atoms with Crippen LogP contribution < -0.4 is 0 Å². The molecule has 1 aromatic rings. The van der Waals surface area contributed by atoms with E-state index < -0.39 is 11.6 Å². The Labute approximate surface area is 94.9 Å². The average Bonchev–Trinajstić information content (AvgIpc) is 2.73. The third-order valence-electron chi connectivity index (χ3n) is 3.33. The molecule has 1 aliphatic heterocycles. The maximum atomic E-state index is 12.1. The Balaban J connectivity index is 2.23. The quantitative estimate of drug-likeness (QED) is 0.786. The van der Waals surface area contributed by atoms with Crippen molar-refractivity contribution in [2.45, 2.75) is 38.8 Å². The van der Waals surface area contributed by atoms with E-state index in [2.05, 4.69) is 0 Å². The Morgan fingerprint density at radius 3 is 2.69 bits per heavy atom. The van der Waals surface area contributed by atoms with E-state index in [0.29, 0.717) is 18.7 Å². The Hall–Kier alpha value is -1.29. The summed E-state index contributed by atoms with van der Waals surface area (Å²) in [6, 6.07) is 3.45. The van der Waals surface area contributed by atoms with Gasteiger partial charge in [0.2, 0.25) is 0 Å². The molecule has 0 bridgehead atoms. The Kier molecular flexibility index (Phi) is 2.54. The zero-order chi connectivity index (χ0) is 11.9. The van der Waals surface area contributed by atoms with Gasteiger partial charge in [0.1, 0.15) is 5.76 Å². The highest BCUT2D eigenvalue weighted by Crippen LogP contribution is 2.30. The van der Waals surface area contributed by atoms with E-state index in [-0.39, 0.29) is 5.91 Å². The second-order valence-electron chi connectivity index (χ2n) is 4.83. The van der Waals surface area contributed by atoms with Crippen LogP contribution in [0.2, 0.25) is 0 Å². The number of aryl methyl sites for hydroxylation is 1. The van der Waals surface area contributed by atoms with Crippen molar-refractivity contribution in [3.8, 4) is 0 Å². The van der Waals surface area contributed by atoms with Crippen molar-refractivity contribution >= 4 is 5.91 Å². The van der Waals surface area contributed by atoms with E-state index in [4.69, 9.17) is 4.42 Å². The molecule has 0 aromatic carbocycles. The summed E-state index contributed by atoms with van der Waals surface area (Å²) in [5, 5.41) is 9.80. The Bertz CT molecular complexity index is 408. The second kappa shape index (κ2) is 3.63. The first-order chi connectivity index (χ1) is 7.43. The van der Waals surface area contributed by atoms with Crippen molar-refractivity contribution in [1.82, 2.24) is 4.90 Å². The first kappa shape index (κ1) is 11.2. The highest BCUT2D eigenvalue weighted by Gasteiger charge is 2.43. The van der Waals surface area contributed by atoms with Crippen LogP contribution in [0.3, 0.4) is 0 Å². The number of amides is 1. The molecule has 1 saturated heterocycles. The molecule has 1 fully saturated rings. The van der Waals surface area contributed by atoms with Crippen LogP contribution in [0.25, 0.3) is 0 Å². The fourth-order valence-corrected chi connectivity index (χ4v) is 2.12. The first-order valence-electron chi connectivity index (χ1n) is 5.49.